The van der Waals surface area contributed by atoms with Crippen LogP contribution >= 0.6 is 15.9 Å². The van der Waals surface area contributed by atoms with Gasteiger partial charge in [-0.05, 0) is 88.3 Å². The molecule has 230 valence electrons. The van der Waals surface area contributed by atoms with Crippen LogP contribution in [-0.4, -0.2) is 9.13 Å². The van der Waals surface area contributed by atoms with Crippen molar-refractivity contribution in [1.29, 1.82) is 0 Å². The van der Waals surface area contributed by atoms with Crippen LogP contribution in [0.25, 0.3) is 88.0 Å². The van der Waals surface area contributed by atoms with Gasteiger partial charge >= 0.3 is 0 Å². The monoisotopic (exact) mass is 688 g/mol. The average Bonchev–Trinajstić information content (AvgIpc) is 3.68. The van der Waals surface area contributed by atoms with E-state index in [9.17, 15) is 0 Å². The lowest BCUT2D eigenvalue weighted by molar-refractivity contribution is 1.18. The molecule has 49 heavy (non-hydrogen) atoms. The predicted octanol–water partition coefficient (Wildman–Crippen LogP) is 13.1. The molecule has 10 aromatic rings. The Morgan fingerprint density at radius 2 is 0.898 bits per heavy atom. The SMILES string of the molecule is Brc1cc(-c2ccc(-n3c4ccccc4c4ccccc43)cc2)cc(-c2cccc(-n3c4ccccc4c4ccc5ccccc5c43)c2)c1. The normalized spacial score (nSPS) is 11.8. The van der Waals surface area contributed by atoms with Crippen LogP contribution in [0.15, 0.2) is 180 Å². The number of halogens is 1. The first kappa shape index (κ1) is 28.1. The summed E-state index contributed by atoms with van der Waals surface area (Å²) < 4.78 is 5.85. The summed E-state index contributed by atoms with van der Waals surface area (Å²) in [5.74, 6) is 0. The van der Waals surface area contributed by atoms with Gasteiger partial charge in [0.1, 0.15) is 0 Å². The molecule has 0 saturated heterocycles. The highest BCUT2D eigenvalue weighted by atomic mass is 79.9. The van der Waals surface area contributed by atoms with Gasteiger partial charge in [-0.15, -0.1) is 0 Å². The number of fused-ring (bicyclic) bond motifs is 8. The van der Waals surface area contributed by atoms with Crippen molar-refractivity contribution in [2.24, 2.45) is 0 Å². The van der Waals surface area contributed by atoms with Crippen molar-refractivity contribution < 1.29 is 0 Å². The van der Waals surface area contributed by atoms with Gasteiger partial charge in [0.2, 0.25) is 0 Å². The lowest BCUT2D eigenvalue weighted by Gasteiger charge is -2.13. The zero-order chi connectivity index (χ0) is 32.5. The Kier molecular flexibility index (Phi) is 6.37. The summed E-state index contributed by atoms with van der Waals surface area (Å²) in [6.45, 7) is 0. The highest BCUT2D eigenvalue weighted by Gasteiger charge is 2.16. The van der Waals surface area contributed by atoms with Gasteiger partial charge in [0.15, 0.2) is 0 Å². The molecule has 0 aliphatic carbocycles. The Bertz CT molecular complexity index is 2840. The van der Waals surface area contributed by atoms with Crippen molar-refractivity contribution in [3.8, 4) is 33.6 Å². The van der Waals surface area contributed by atoms with E-state index in [2.05, 4.69) is 201 Å². The van der Waals surface area contributed by atoms with Gasteiger partial charge < -0.3 is 9.13 Å². The molecule has 0 radical (unpaired) electrons. The maximum Gasteiger partial charge on any atom is 0.0619 e. The summed E-state index contributed by atoms with van der Waals surface area (Å²) in [5.41, 5.74) is 11.9. The summed E-state index contributed by atoms with van der Waals surface area (Å²) >= 11 is 3.85. The molecular formula is C46H29BrN2. The van der Waals surface area contributed by atoms with Gasteiger partial charge in [0.05, 0.1) is 22.1 Å². The van der Waals surface area contributed by atoms with Crippen molar-refractivity contribution in [2.75, 3.05) is 0 Å². The van der Waals surface area contributed by atoms with Gasteiger partial charge in [0.25, 0.3) is 0 Å². The summed E-state index contributed by atoms with van der Waals surface area (Å²) in [5, 5.41) is 7.59. The first-order chi connectivity index (χ1) is 24.2. The van der Waals surface area contributed by atoms with E-state index >= 15 is 0 Å². The van der Waals surface area contributed by atoms with Crippen LogP contribution in [-0.2, 0) is 0 Å². The van der Waals surface area contributed by atoms with E-state index in [1.165, 1.54) is 76.6 Å². The first-order valence-corrected chi connectivity index (χ1v) is 17.4. The van der Waals surface area contributed by atoms with Gasteiger partial charge in [-0.1, -0.05) is 131 Å². The molecule has 3 heteroatoms. The minimum absolute atomic E-state index is 1.06. The van der Waals surface area contributed by atoms with Crippen molar-refractivity contribution in [1.82, 2.24) is 9.13 Å². The Labute approximate surface area is 292 Å². The van der Waals surface area contributed by atoms with Gasteiger partial charge in [-0.2, -0.15) is 0 Å². The summed E-state index contributed by atoms with van der Waals surface area (Å²) in [6.07, 6.45) is 0. The highest BCUT2D eigenvalue weighted by molar-refractivity contribution is 9.10. The number of para-hydroxylation sites is 3. The van der Waals surface area contributed by atoms with Crippen molar-refractivity contribution in [3.63, 3.8) is 0 Å². The van der Waals surface area contributed by atoms with Crippen molar-refractivity contribution >= 4 is 70.3 Å². The maximum absolute atomic E-state index is 3.85. The fourth-order valence-electron chi connectivity index (χ4n) is 7.75. The Morgan fingerprint density at radius 3 is 1.59 bits per heavy atom. The van der Waals surface area contributed by atoms with E-state index in [0.29, 0.717) is 0 Å². The molecule has 0 atom stereocenters. The van der Waals surface area contributed by atoms with Crippen LogP contribution in [0.1, 0.15) is 0 Å². The van der Waals surface area contributed by atoms with Gasteiger partial charge in [0, 0.05) is 42.8 Å². The number of aromatic nitrogens is 2. The number of hydrogen-bond donors (Lipinski definition) is 0. The van der Waals surface area contributed by atoms with Gasteiger partial charge in [-0.25, -0.2) is 0 Å². The lowest BCUT2D eigenvalue weighted by atomic mass is 9.98. The summed E-state index contributed by atoms with van der Waals surface area (Å²) in [4.78, 5) is 0. The zero-order valence-corrected chi connectivity index (χ0v) is 28.1. The molecule has 0 unspecified atom stereocenters. The van der Waals surface area contributed by atoms with Crippen LogP contribution in [0, 0.1) is 0 Å². The second-order valence-electron chi connectivity index (χ2n) is 12.7. The molecule has 0 aliphatic rings. The number of benzene rings is 8. The predicted molar refractivity (Wildman–Crippen MR) is 211 cm³/mol. The zero-order valence-electron chi connectivity index (χ0n) is 26.5. The van der Waals surface area contributed by atoms with Crippen LogP contribution in [0.2, 0.25) is 0 Å². The Hall–Kier alpha value is -5.90. The molecule has 2 nitrogen and oxygen atoms in total. The minimum atomic E-state index is 1.06. The molecule has 0 amide bonds. The molecule has 0 bridgehead atoms. The average molecular weight is 690 g/mol. The second kappa shape index (κ2) is 11.1. The number of nitrogens with zero attached hydrogens (tertiary/aromatic N) is 2. The standard InChI is InChI=1S/C46H29BrN2/c47-35-27-33(30-20-23-36(24-21-30)48-43-17-6-3-14-39(43)40-15-4-7-18-44(40)48)26-34(28-35)32-11-9-12-37(29-32)49-45-19-8-5-16-41(45)42-25-22-31-10-1-2-13-38(31)46(42)49/h1-29H. The molecule has 2 heterocycles. The van der Waals surface area contributed by atoms with Crippen LogP contribution in [0.3, 0.4) is 0 Å². The number of rotatable bonds is 4. The summed E-state index contributed by atoms with van der Waals surface area (Å²) in [7, 11) is 0. The fraction of sp³-hybridized carbons (Fsp3) is 0. The summed E-state index contributed by atoms with van der Waals surface area (Å²) in [6, 6.07) is 63.9. The Morgan fingerprint density at radius 1 is 0.327 bits per heavy atom. The number of hydrogen-bond acceptors (Lipinski definition) is 0. The highest BCUT2D eigenvalue weighted by Crippen LogP contribution is 2.39. The van der Waals surface area contributed by atoms with E-state index in [1.54, 1.807) is 0 Å². The molecular weight excluding hydrogens is 660 g/mol. The van der Waals surface area contributed by atoms with Crippen molar-refractivity contribution in [3.05, 3.63) is 180 Å². The first-order valence-electron chi connectivity index (χ1n) is 16.6. The third-order valence-corrected chi connectivity index (χ3v) is 10.4. The molecule has 10 rings (SSSR count). The quantitative estimate of drug-likeness (QED) is 0.174. The van der Waals surface area contributed by atoms with E-state index in [4.69, 9.17) is 0 Å². The van der Waals surface area contributed by atoms with Crippen LogP contribution < -0.4 is 0 Å². The van der Waals surface area contributed by atoms with E-state index < -0.39 is 0 Å². The van der Waals surface area contributed by atoms with Gasteiger partial charge in [-0.3, -0.25) is 0 Å². The molecule has 0 saturated carbocycles. The third-order valence-electron chi connectivity index (χ3n) is 9.93. The largest absolute Gasteiger partial charge is 0.309 e. The third kappa shape index (κ3) is 4.47. The topological polar surface area (TPSA) is 9.86 Å². The smallest absolute Gasteiger partial charge is 0.0619 e. The minimum Gasteiger partial charge on any atom is -0.309 e. The van der Waals surface area contributed by atoms with Crippen LogP contribution in [0.4, 0.5) is 0 Å². The Balaban J connectivity index is 1.08. The second-order valence-corrected chi connectivity index (χ2v) is 13.6. The van der Waals surface area contributed by atoms with Crippen LogP contribution in [0.5, 0.6) is 0 Å². The molecule has 0 spiro atoms. The van der Waals surface area contributed by atoms with E-state index in [-0.39, 0.29) is 0 Å². The molecule has 0 aliphatic heterocycles. The van der Waals surface area contributed by atoms with E-state index in [1.807, 2.05) is 0 Å². The molecule has 2 aromatic heterocycles. The molecule has 0 fully saturated rings. The van der Waals surface area contributed by atoms with E-state index in [0.717, 1.165) is 15.8 Å². The molecule has 8 aromatic carbocycles. The molecule has 0 N–H and O–H groups in total. The maximum atomic E-state index is 3.85. The van der Waals surface area contributed by atoms with Crippen molar-refractivity contribution in [2.45, 2.75) is 0 Å². The fourth-order valence-corrected chi connectivity index (χ4v) is 8.24. The lowest BCUT2D eigenvalue weighted by Crippen LogP contribution is -1.95.